The monoisotopic (exact) mass is 215 g/mol. The van der Waals surface area contributed by atoms with Gasteiger partial charge in [0.05, 0.1) is 31.2 Å². The van der Waals surface area contributed by atoms with Crippen molar-refractivity contribution in [3.8, 4) is 5.75 Å². The molecule has 1 aromatic carbocycles. The Balaban J connectivity index is 2.05. The molecule has 0 spiro atoms. The predicted molar refractivity (Wildman–Crippen MR) is 62.4 cm³/mol. The van der Waals surface area contributed by atoms with Crippen LogP contribution in [0, 0.1) is 0 Å². The lowest BCUT2D eigenvalue weighted by Crippen LogP contribution is -2.03. The van der Waals surface area contributed by atoms with Gasteiger partial charge in [0.2, 0.25) is 0 Å². The van der Waals surface area contributed by atoms with Crippen molar-refractivity contribution in [3.05, 3.63) is 48.5 Å². The van der Waals surface area contributed by atoms with Gasteiger partial charge < -0.3 is 10.1 Å². The van der Waals surface area contributed by atoms with Crippen LogP contribution in [0.1, 0.15) is 5.69 Å². The lowest BCUT2D eigenvalue weighted by Gasteiger charge is -2.09. The van der Waals surface area contributed by atoms with E-state index in [1.807, 2.05) is 24.3 Å². The Labute approximate surface area is 94.3 Å². The summed E-state index contributed by atoms with van der Waals surface area (Å²) in [4.78, 5) is 8.19. The summed E-state index contributed by atoms with van der Waals surface area (Å²) < 4.78 is 5.24. The zero-order valence-electron chi connectivity index (χ0n) is 9.05. The summed E-state index contributed by atoms with van der Waals surface area (Å²) in [5.74, 6) is 0.825. The van der Waals surface area contributed by atoms with Crippen LogP contribution in [0.4, 0.5) is 5.69 Å². The molecule has 82 valence electrons. The molecular formula is C12H13N3O. The number of anilines is 1. The fourth-order valence-electron chi connectivity index (χ4n) is 1.40. The summed E-state index contributed by atoms with van der Waals surface area (Å²) in [6, 6.07) is 7.78. The third-order valence-electron chi connectivity index (χ3n) is 2.18. The molecule has 4 heteroatoms. The molecule has 0 unspecified atom stereocenters. The van der Waals surface area contributed by atoms with Crippen molar-refractivity contribution < 1.29 is 4.74 Å². The Morgan fingerprint density at radius 1 is 1.25 bits per heavy atom. The Kier molecular flexibility index (Phi) is 3.33. The van der Waals surface area contributed by atoms with Crippen molar-refractivity contribution >= 4 is 5.69 Å². The van der Waals surface area contributed by atoms with E-state index in [-0.39, 0.29) is 0 Å². The molecule has 1 N–H and O–H groups in total. The molecule has 2 aromatic rings. The van der Waals surface area contributed by atoms with Gasteiger partial charge >= 0.3 is 0 Å². The van der Waals surface area contributed by atoms with Crippen molar-refractivity contribution in [2.45, 2.75) is 6.54 Å². The first-order valence-electron chi connectivity index (χ1n) is 5.02. The van der Waals surface area contributed by atoms with Gasteiger partial charge in [0, 0.05) is 12.4 Å². The van der Waals surface area contributed by atoms with E-state index in [0.717, 1.165) is 17.1 Å². The standard InChI is InChI=1S/C12H13N3O/c1-16-12-5-3-2-4-11(12)15-9-10-8-13-6-7-14-10/h2-8,15H,9H2,1H3. The van der Waals surface area contributed by atoms with E-state index >= 15 is 0 Å². The Morgan fingerprint density at radius 2 is 2.12 bits per heavy atom. The maximum atomic E-state index is 5.24. The van der Waals surface area contributed by atoms with Crippen LogP contribution in [0.3, 0.4) is 0 Å². The van der Waals surface area contributed by atoms with E-state index in [4.69, 9.17) is 4.74 Å². The minimum Gasteiger partial charge on any atom is -0.495 e. The maximum Gasteiger partial charge on any atom is 0.141 e. The van der Waals surface area contributed by atoms with Gasteiger partial charge in [-0.05, 0) is 12.1 Å². The number of hydrogen-bond acceptors (Lipinski definition) is 4. The SMILES string of the molecule is COc1ccccc1NCc1cnccn1. The number of benzene rings is 1. The van der Waals surface area contributed by atoms with Crippen molar-refractivity contribution in [2.75, 3.05) is 12.4 Å². The van der Waals surface area contributed by atoms with Gasteiger partial charge in [-0.15, -0.1) is 0 Å². The molecule has 0 atom stereocenters. The summed E-state index contributed by atoms with van der Waals surface area (Å²) in [5.41, 5.74) is 1.85. The fraction of sp³-hybridized carbons (Fsp3) is 0.167. The number of methoxy groups -OCH3 is 1. The van der Waals surface area contributed by atoms with Crippen molar-refractivity contribution in [1.82, 2.24) is 9.97 Å². The number of ether oxygens (including phenoxy) is 1. The van der Waals surface area contributed by atoms with Crippen LogP contribution in [-0.4, -0.2) is 17.1 Å². The molecule has 0 saturated heterocycles. The van der Waals surface area contributed by atoms with E-state index in [2.05, 4.69) is 15.3 Å². The predicted octanol–water partition coefficient (Wildman–Crippen LogP) is 2.10. The highest BCUT2D eigenvalue weighted by Crippen LogP contribution is 2.23. The van der Waals surface area contributed by atoms with E-state index in [9.17, 15) is 0 Å². The van der Waals surface area contributed by atoms with Crippen LogP contribution in [0.2, 0.25) is 0 Å². The highest BCUT2D eigenvalue weighted by Gasteiger charge is 2.00. The summed E-state index contributed by atoms with van der Waals surface area (Å²) in [5, 5.41) is 3.25. The Hall–Kier alpha value is -2.10. The van der Waals surface area contributed by atoms with E-state index < -0.39 is 0 Å². The smallest absolute Gasteiger partial charge is 0.141 e. The van der Waals surface area contributed by atoms with Crippen LogP contribution >= 0.6 is 0 Å². The van der Waals surface area contributed by atoms with Gasteiger partial charge in [-0.2, -0.15) is 0 Å². The minimum absolute atomic E-state index is 0.633. The van der Waals surface area contributed by atoms with Crippen LogP contribution in [0.5, 0.6) is 5.75 Å². The highest BCUT2D eigenvalue weighted by atomic mass is 16.5. The lowest BCUT2D eigenvalue weighted by atomic mass is 10.3. The highest BCUT2D eigenvalue weighted by molar-refractivity contribution is 5.56. The van der Waals surface area contributed by atoms with Gasteiger partial charge in [0.25, 0.3) is 0 Å². The average molecular weight is 215 g/mol. The van der Waals surface area contributed by atoms with Crippen LogP contribution < -0.4 is 10.1 Å². The number of rotatable bonds is 4. The van der Waals surface area contributed by atoms with Crippen LogP contribution in [0.15, 0.2) is 42.9 Å². The molecule has 1 heterocycles. The van der Waals surface area contributed by atoms with Crippen LogP contribution in [0.25, 0.3) is 0 Å². The molecule has 2 rings (SSSR count). The van der Waals surface area contributed by atoms with Gasteiger partial charge in [0.15, 0.2) is 0 Å². The second-order valence-corrected chi connectivity index (χ2v) is 3.25. The quantitative estimate of drug-likeness (QED) is 0.848. The second kappa shape index (κ2) is 5.11. The zero-order chi connectivity index (χ0) is 11.2. The minimum atomic E-state index is 0.633. The van der Waals surface area contributed by atoms with Gasteiger partial charge in [-0.1, -0.05) is 12.1 Å². The molecule has 0 aliphatic rings. The van der Waals surface area contributed by atoms with E-state index in [0.29, 0.717) is 6.54 Å². The number of para-hydroxylation sites is 2. The number of nitrogens with one attached hydrogen (secondary N) is 1. The average Bonchev–Trinajstić information content (AvgIpc) is 2.38. The molecule has 0 bridgehead atoms. The molecule has 4 nitrogen and oxygen atoms in total. The largest absolute Gasteiger partial charge is 0.495 e. The first kappa shape index (κ1) is 10.4. The first-order valence-corrected chi connectivity index (χ1v) is 5.02. The topological polar surface area (TPSA) is 47.0 Å². The summed E-state index contributed by atoms with van der Waals surface area (Å²) >= 11 is 0. The normalized spacial score (nSPS) is 9.81. The fourth-order valence-corrected chi connectivity index (χ4v) is 1.40. The summed E-state index contributed by atoms with van der Waals surface area (Å²) in [6.07, 6.45) is 5.08. The molecule has 16 heavy (non-hydrogen) atoms. The number of nitrogens with zero attached hydrogens (tertiary/aromatic N) is 2. The van der Waals surface area contributed by atoms with E-state index in [1.54, 1.807) is 25.7 Å². The van der Waals surface area contributed by atoms with E-state index in [1.165, 1.54) is 0 Å². The summed E-state index contributed by atoms with van der Waals surface area (Å²) in [6.45, 7) is 0.633. The van der Waals surface area contributed by atoms with Gasteiger partial charge in [0.1, 0.15) is 5.75 Å². The molecule has 0 saturated carbocycles. The van der Waals surface area contributed by atoms with Gasteiger partial charge in [-0.25, -0.2) is 0 Å². The summed E-state index contributed by atoms with van der Waals surface area (Å²) in [7, 11) is 1.66. The molecule has 0 fully saturated rings. The third kappa shape index (κ3) is 2.48. The Bertz CT molecular complexity index is 445. The molecule has 0 aliphatic heterocycles. The third-order valence-corrected chi connectivity index (χ3v) is 2.18. The molecular weight excluding hydrogens is 202 g/mol. The molecule has 0 aliphatic carbocycles. The lowest BCUT2D eigenvalue weighted by molar-refractivity contribution is 0.416. The van der Waals surface area contributed by atoms with Crippen molar-refractivity contribution in [3.63, 3.8) is 0 Å². The zero-order valence-corrected chi connectivity index (χ0v) is 9.05. The van der Waals surface area contributed by atoms with Crippen LogP contribution in [-0.2, 0) is 6.54 Å². The maximum absolute atomic E-state index is 5.24. The second-order valence-electron chi connectivity index (χ2n) is 3.25. The first-order chi connectivity index (χ1) is 7.90. The number of hydrogen-bond donors (Lipinski definition) is 1. The molecule has 1 aromatic heterocycles. The molecule has 0 radical (unpaired) electrons. The van der Waals surface area contributed by atoms with Crippen molar-refractivity contribution in [1.29, 1.82) is 0 Å². The van der Waals surface area contributed by atoms with Gasteiger partial charge in [-0.3, -0.25) is 9.97 Å². The number of aromatic nitrogens is 2. The molecule has 0 amide bonds. The Morgan fingerprint density at radius 3 is 2.88 bits per heavy atom. The van der Waals surface area contributed by atoms with Crippen molar-refractivity contribution in [2.24, 2.45) is 0 Å².